The van der Waals surface area contributed by atoms with Gasteiger partial charge in [-0.25, -0.2) is 0 Å². The molecule has 1 heterocycles. The van der Waals surface area contributed by atoms with Crippen molar-refractivity contribution in [2.24, 2.45) is 0 Å². The lowest BCUT2D eigenvalue weighted by Gasteiger charge is -2.02. The highest BCUT2D eigenvalue weighted by Crippen LogP contribution is 2.31. The normalized spacial score (nSPS) is 10.4. The predicted molar refractivity (Wildman–Crippen MR) is 59.0 cm³/mol. The first-order valence-corrected chi connectivity index (χ1v) is 5.13. The van der Waals surface area contributed by atoms with Crippen LogP contribution < -0.4 is 4.74 Å². The quantitative estimate of drug-likeness (QED) is 0.920. The number of ether oxygens (including phenoxy) is 1. The predicted octanol–water partition coefficient (Wildman–Crippen LogP) is 3.27. The number of oxazole rings is 1. The number of aliphatic hydroxyl groups is 1. The summed E-state index contributed by atoms with van der Waals surface area (Å²) in [7, 11) is 0. The molecule has 0 atom stereocenters. The van der Waals surface area contributed by atoms with Gasteiger partial charge in [0.1, 0.15) is 12.0 Å². The van der Waals surface area contributed by atoms with Gasteiger partial charge in [0.25, 0.3) is 0 Å². The lowest BCUT2D eigenvalue weighted by atomic mass is 10.3. The fourth-order valence-electron chi connectivity index (χ4n) is 1.06. The van der Waals surface area contributed by atoms with E-state index in [2.05, 4.69) is 4.98 Å². The van der Waals surface area contributed by atoms with Crippen LogP contribution in [0.3, 0.4) is 0 Å². The Labute approximate surface area is 101 Å². The van der Waals surface area contributed by atoms with Crippen molar-refractivity contribution in [1.29, 1.82) is 0 Å². The molecule has 1 aromatic heterocycles. The zero-order valence-electron chi connectivity index (χ0n) is 7.98. The summed E-state index contributed by atoms with van der Waals surface area (Å²) < 4.78 is 10.2. The number of halogens is 2. The number of benzene rings is 1. The van der Waals surface area contributed by atoms with E-state index in [0.717, 1.165) is 0 Å². The standard InChI is InChI=1S/C10H7Cl2NO3/c11-6-1-2-8(12)9(3-6)16-10-13-7(4-14)5-15-10/h1-3,5,14H,4H2. The van der Waals surface area contributed by atoms with Gasteiger partial charge in [0.05, 0.1) is 11.6 Å². The van der Waals surface area contributed by atoms with Crippen molar-refractivity contribution >= 4 is 23.2 Å². The molecule has 0 aliphatic carbocycles. The minimum atomic E-state index is -0.212. The maximum Gasteiger partial charge on any atom is 0.399 e. The first-order valence-electron chi connectivity index (χ1n) is 4.37. The molecule has 2 aromatic rings. The molecule has 1 N–H and O–H groups in total. The van der Waals surface area contributed by atoms with Gasteiger partial charge in [-0.3, -0.25) is 0 Å². The summed E-state index contributed by atoms with van der Waals surface area (Å²) in [5.74, 6) is 0.348. The Morgan fingerprint density at radius 2 is 2.19 bits per heavy atom. The van der Waals surface area contributed by atoms with Crippen LogP contribution in [0.5, 0.6) is 11.8 Å². The third-order valence-electron chi connectivity index (χ3n) is 1.78. The van der Waals surface area contributed by atoms with Crippen LogP contribution >= 0.6 is 23.2 Å². The molecule has 84 valence electrons. The van der Waals surface area contributed by atoms with Crippen molar-refractivity contribution in [3.05, 3.63) is 40.2 Å². The SMILES string of the molecule is OCc1coc(Oc2cc(Cl)ccc2Cl)n1. The molecule has 2 rings (SSSR count). The highest BCUT2D eigenvalue weighted by atomic mass is 35.5. The minimum Gasteiger partial charge on any atom is -0.417 e. The van der Waals surface area contributed by atoms with Crippen LogP contribution in [0, 0.1) is 0 Å². The van der Waals surface area contributed by atoms with Gasteiger partial charge >= 0.3 is 6.08 Å². The van der Waals surface area contributed by atoms with Crippen molar-refractivity contribution in [1.82, 2.24) is 4.98 Å². The summed E-state index contributed by atoms with van der Waals surface area (Å²) in [6.07, 6.45) is 1.31. The number of rotatable bonds is 3. The van der Waals surface area contributed by atoms with E-state index >= 15 is 0 Å². The van der Waals surface area contributed by atoms with Gasteiger partial charge in [-0.15, -0.1) is 0 Å². The van der Waals surface area contributed by atoms with E-state index in [1.54, 1.807) is 18.2 Å². The second-order valence-corrected chi connectivity index (χ2v) is 3.78. The van der Waals surface area contributed by atoms with Crippen molar-refractivity contribution < 1.29 is 14.3 Å². The van der Waals surface area contributed by atoms with Gasteiger partial charge in [0, 0.05) is 11.1 Å². The van der Waals surface area contributed by atoms with E-state index in [4.69, 9.17) is 37.5 Å². The fourth-order valence-corrected chi connectivity index (χ4v) is 1.38. The monoisotopic (exact) mass is 259 g/mol. The topological polar surface area (TPSA) is 55.5 Å². The highest BCUT2D eigenvalue weighted by Gasteiger charge is 2.09. The molecule has 6 heteroatoms. The van der Waals surface area contributed by atoms with Gasteiger partial charge < -0.3 is 14.3 Å². The zero-order chi connectivity index (χ0) is 11.5. The van der Waals surface area contributed by atoms with E-state index in [9.17, 15) is 0 Å². The molecule has 0 aliphatic rings. The van der Waals surface area contributed by atoms with Crippen LogP contribution in [0.4, 0.5) is 0 Å². The largest absolute Gasteiger partial charge is 0.417 e. The summed E-state index contributed by atoms with van der Waals surface area (Å²) >= 11 is 11.7. The average Bonchev–Trinajstić information content (AvgIpc) is 2.71. The molecule has 0 spiro atoms. The van der Waals surface area contributed by atoms with Crippen molar-refractivity contribution in [3.8, 4) is 11.8 Å². The Hall–Kier alpha value is -1.23. The number of aliphatic hydroxyl groups excluding tert-OH is 1. The second kappa shape index (κ2) is 4.74. The smallest absolute Gasteiger partial charge is 0.399 e. The third kappa shape index (κ3) is 2.47. The van der Waals surface area contributed by atoms with E-state index in [1.807, 2.05) is 0 Å². The number of nitrogens with zero attached hydrogens (tertiary/aromatic N) is 1. The molecule has 4 nitrogen and oxygen atoms in total. The van der Waals surface area contributed by atoms with Crippen LogP contribution in [-0.2, 0) is 6.61 Å². The van der Waals surface area contributed by atoms with Crippen molar-refractivity contribution in [3.63, 3.8) is 0 Å². The van der Waals surface area contributed by atoms with Crippen LogP contribution in [0.1, 0.15) is 5.69 Å². The molecule has 0 unspecified atom stereocenters. The first kappa shape index (κ1) is 11.3. The van der Waals surface area contributed by atoms with Gasteiger partial charge in [-0.1, -0.05) is 23.2 Å². The second-order valence-electron chi connectivity index (χ2n) is 2.94. The average molecular weight is 260 g/mol. The molecule has 0 radical (unpaired) electrons. The minimum absolute atomic E-state index is 0.00761. The zero-order valence-corrected chi connectivity index (χ0v) is 9.50. The molecule has 0 saturated carbocycles. The molecule has 1 aromatic carbocycles. The Kier molecular flexibility index (Phi) is 3.33. The molecular formula is C10H7Cl2NO3. The van der Waals surface area contributed by atoms with Gasteiger partial charge in [-0.2, -0.15) is 4.98 Å². The molecule has 16 heavy (non-hydrogen) atoms. The van der Waals surface area contributed by atoms with E-state index < -0.39 is 0 Å². The maximum absolute atomic E-state index is 8.79. The molecule has 0 bridgehead atoms. The van der Waals surface area contributed by atoms with Crippen LogP contribution in [-0.4, -0.2) is 10.1 Å². The molecule has 0 saturated heterocycles. The summed E-state index contributed by atoms with van der Waals surface area (Å²) in [6.45, 7) is -0.212. The number of hydrogen-bond donors (Lipinski definition) is 1. The number of aromatic nitrogens is 1. The van der Waals surface area contributed by atoms with Crippen molar-refractivity contribution in [2.45, 2.75) is 6.61 Å². The van der Waals surface area contributed by atoms with Crippen LogP contribution in [0.2, 0.25) is 10.0 Å². The van der Waals surface area contributed by atoms with Crippen LogP contribution in [0.25, 0.3) is 0 Å². The summed E-state index contributed by atoms with van der Waals surface area (Å²) in [5, 5.41) is 9.68. The van der Waals surface area contributed by atoms with E-state index in [-0.39, 0.29) is 12.7 Å². The summed E-state index contributed by atoms with van der Waals surface area (Å²) in [4.78, 5) is 3.85. The van der Waals surface area contributed by atoms with Gasteiger partial charge in [-0.05, 0) is 12.1 Å². The van der Waals surface area contributed by atoms with E-state index in [1.165, 1.54) is 6.26 Å². The molecule has 0 aliphatic heterocycles. The highest BCUT2D eigenvalue weighted by molar-refractivity contribution is 6.34. The van der Waals surface area contributed by atoms with Crippen LogP contribution in [0.15, 0.2) is 28.9 Å². The summed E-state index contributed by atoms with van der Waals surface area (Å²) in [6, 6.07) is 4.80. The molecule has 0 fully saturated rings. The maximum atomic E-state index is 8.79. The van der Waals surface area contributed by atoms with E-state index in [0.29, 0.717) is 21.5 Å². The number of hydrogen-bond acceptors (Lipinski definition) is 4. The Balaban J connectivity index is 2.22. The molecule has 0 amide bonds. The first-order chi connectivity index (χ1) is 7.69. The Bertz CT molecular complexity index is 499. The summed E-state index contributed by atoms with van der Waals surface area (Å²) in [5.41, 5.74) is 0.383. The van der Waals surface area contributed by atoms with Gasteiger partial charge in [0.15, 0.2) is 5.75 Å². The fraction of sp³-hybridized carbons (Fsp3) is 0.100. The van der Waals surface area contributed by atoms with Gasteiger partial charge in [0.2, 0.25) is 0 Å². The lowest BCUT2D eigenvalue weighted by molar-refractivity contribution is 0.276. The molecular weight excluding hydrogens is 253 g/mol. The lowest BCUT2D eigenvalue weighted by Crippen LogP contribution is -1.87. The third-order valence-corrected chi connectivity index (χ3v) is 2.33. The Morgan fingerprint density at radius 1 is 1.38 bits per heavy atom. The Morgan fingerprint density at radius 3 is 2.88 bits per heavy atom. The van der Waals surface area contributed by atoms with Crippen molar-refractivity contribution in [2.75, 3.05) is 0 Å².